The van der Waals surface area contributed by atoms with Crippen molar-refractivity contribution in [3.8, 4) is 11.5 Å². The van der Waals surface area contributed by atoms with Crippen molar-refractivity contribution >= 4 is 11.3 Å². The molecule has 1 atom stereocenters. The minimum absolute atomic E-state index is 0.290. The molecule has 0 radical (unpaired) electrons. The number of thiazole rings is 1. The van der Waals surface area contributed by atoms with Crippen LogP contribution >= 0.6 is 11.3 Å². The van der Waals surface area contributed by atoms with E-state index in [9.17, 15) is 0 Å². The van der Waals surface area contributed by atoms with Crippen LogP contribution in [0.3, 0.4) is 0 Å². The van der Waals surface area contributed by atoms with E-state index in [1.807, 2.05) is 11.6 Å². The van der Waals surface area contributed by atoms with E-state index in [2.05, 4.69) is 34.7 Å². The van der Waals surface area contributed by atoms with Crippen LogP contribution in [-0.4, -0.2) is 24.7 Å². The van der Waals surface area contributed by atoms with Gasteiger partial charge in [0, 0.05) is 11.4 Å². The summed E-state index contributed by atoms with van der Waals surface area (Å²) < 4.78 is 11.1. The summed E-state index contributed by atoms with van der Waals surface area (Å²) in [6.45, 7) is 4.33. The Kier molecular flexibility index (Phi) is 4.18. The Morgan fingerprint density at radius 3 is 2.95 bits per heavy atom. The van der Waals surface area contributed by atoms with Gasteiger partial charge in [-0.15, -0.1) is 11.3 Å². The number of hydrogen-bond donors (Lipinski definition) is 1. The third-order valence-electron chi connectivity index (χ3n) is 3.37. The predicted octanol–water partition coefficient (Wildman–Crippen LogP) is 2.81. The molecule has 0 fully saturated rings. The van der Waals surface area contributed by atoms with Crippen LogP contribution in [0.2, 0.25) is 0 Å². The Bertz CT molecular complexity index is 557. The Balaban J connectivity index is 1.53. The van der Waals surface area contributed by atoms with Crippen LogP contribution in [0.25, 0.3) is 0 Å². The first-order valence-corrected chi connectivity index (χ1v) is 7.77. The first-order valence-electron chi connectivity index (χ1n) is 6.83. The molecule has 2 aromatic rings. The maximum atomic E-state index is 5.60. The number of nitrogens with zero attached hydrogens (tertiary/aromatic N) is 1. The summed E-state index contributed by atoms with van der Waals surface area (Å²) in [7, 11) is 0. The molecule has 1 N–H and O–H groups in total. The molecule has 1 aromatic heterocycles. The molecule has 3 rings (SSSR count). The lowest BCUT2D eigenvalue weighted by molar-refractivity contribution is 0.171. The number of aromatic nitrogens is 1. The number of benzene rings is 1. The predicted molar refractivity (Wildman–Crippen MR) is 79.7 cm³/mol. The molecule has 4 nitrogen and oxygen atoms in total. The minimum Gasteiger partial charge on any atom is -0.486 e. The zero-order valence-corrected chi connectivity index (χ0v) is 12.3. The second kappa shape index (κ2) is 6.24. The Morgan fingerprint density at radius 2 is 2.15 bits per heavy atom. The van der Waals surface area contributed by atoms with Crippen LogP contribution in [0, 0.1) is 0 Å². The van der Waals surface area contributed by atoms with Crippen molar-refractivity contribution in [2.75, 3.05) is 19.8 Å². The lowest BCUT2D eigenvalue weighted by Crippen LogP contribution is -2.21. The first kappa shape index (κ1) is 13.4. The molecule has 1 aliphatic rings. The summed E-state index contributed by atoms with van der Waals surface area (Å²) in [4.78, 5) is 4.32. The topological polar surface area (TPSA) is 43.4 Å². The van der Waals surface area contributed by atoms with Crippen LogP contribution < -0.4 is 14.8 Å². The summed E-state index contributed by atoms with van der Waals surface area (Å²) in [5.41, 5.74) is 4.23. The average molecular weight is 290 g/mol. The fourth-order valence-electron chi connectivity index (χ4n) is 2.22. The van der Waals surface area contributed by atoms with Gasteiger partial charge in [-0.1, -0.05) is 6.07 Å². The summed E-state index contributed by atoms with van der Waals surface area (Å²) in [5, 5.41) is 5.57. The smallest absolute Gasteiger partial charge is 0.161 e. The molecule has 1 aromatic carbocycles. The lowest BCUT2D eigenvalue weighted by Gasteiger charge is -2.19. The van der Waals surface area contributed by atoms with Crippen LogP contribution in [-0.2, 0) is 6.42 Å². The van der Waals surface area contributed by atoms with Crippen LogP contribution in [0.4, 0.5) is 0 Å². The van der Waals surface area contributed by atoms with Gasteiger partial charge in [-0.2, -0.15) is 0 Å². The van der Waals surface area contributed by atoms with Crippen molar-refractivity contribution in [3.05, 3.63) is 40.3 Å². The zero-order chi connectivity index (χ0) is 13.8. The highest BCUT2D eigenvalue weighted by molar-refractivity contribution is 7.07. The van der Waals surface area contributed by atoms with E-state index in [4.69, 9.17) is 9.47 Å². The van der Waals surface area contributed by atoms with E-state index < -0.39 is 0 Å². The monoisotopic (exact) mass is 290 g/mol. The minimum atomic E-state index is 0.290. The second-order valence-corrected chi connectivity index (χ2v) is 5.54. The van der Waals surface area contributed by atoms with Gasteiger partial charge in [0.05, 0.1) is 11.2 Å². The van der Waals surface area contributed by atoms with Crippen LogP contribution in [0.15, 0.2) is 29.1 Å². The maximum Gasteiger partial charge on any atom is 0.161 e. The number of rotatable bonds is 5. The van der Waals surface area contributed by atoms with Crippen molar-refractivity contribution in [2.45, 2.75) is 19.4 Å². The van der Waals surface area contributed by atoms with E-state index in [1.165, 1.54) is 5.56 Å². The first-order chi connectivity index (χ1) is 9.83. The molecule has 2 heterocycles. The molecule has 0 bridgehead atoms. The lowest BCUT2D eigenvalue weighted by atomic mass is 10.1. The Hall–Kier alpha value is -1.59. The highest BCUT2D eigenvalue weighted by Gasteiger charge is 2.12. The summed E-state index contributed by atoms with van der Waals surface area (Å²) in [6, 6.07) is 6.46. The molecule has 1 aliphatic heterocycles. The number of ether oxygens (including phenoxy) is 2. The van der Waals surface area contributed by atoms with Gasteiger partial charge >= 0.3 is 0 Å². The third kappa shape index (κ3) is 3.11. The molecule has 0 saturated carbocycles. The zero-order valence-electron chi connectivity index (χ0n) is 11.5. The summed E-state index contributed by atoms with van der Waals surface area (Å²) in [6.07, 6.45) is 0.963. The van der Waals surface area contributed by atoms with Gasteiger partial charge < -0.3 is 14.8 Å². The van der Waals surface area contributed by atoms with Crippen LogP contribution in [0.1, 0.15) is 24.2 Å². The summed E-state index contributed by atoms with van der Waals surface area (Å²) >= 11 is 1.63. The standard InChI is InChI=1S/C15H18N2O2S/c1-11(13-9-20-10-17-13)16-5-4-12-2-3-14-15(8-12)19-7-6-18-14/h2-3,8-11,16H,4-7H2,1H3. The van der Waals surface area contributed by atoms with Gasteiger partial charge in [-0.3, -0.25) is 0 Å². The van der Waals surface area contributed by atoms with Gasteiger partial charge in [0.1, 0.15) is 13.2 Å². The molecule has 0 aliphatic carbocycles. The number of nitrogens with one attached hydrogen (secondary N) is 1. The Labute approximate surface area is 122 Å². The van der Waals surface area contributed by atoms with Gasteiger partial charge in [0.25, 0.3) is 0 Å². The van der Waals surface area contributed by atoms with Crippen molar-refractivity contribution < 1.29 is 9.47 Å². The summed E-state index contributed by atoms with van der Waals surface area (Å²) in [5.74, 6) is 1.71. The van der Waals surface area contributed by atoms with Gasteiger partial charge in [-0.05, 0) is 37.6 Å². The quantitative estimate of drug-likeness (QED) is 0.919. The average Bonchev–Trinajstić information content (AvgIpc) is 3.01. The normalized spacial score (nSPS) is 15.1. The highest BCUT2D eigenvalue weighted by Crippen LogP contribution is 2.30. The molecule has 106 valence electrons. The van der Waals surface area contributed by atoms with E-state index in [1.54, 1.807) is 11.3 Å². The molecule has 1 unspecified atom stereocenters. The highest BCUT2D eigenvalue weighted by atomic mass is 32.1. The molecule has 0 saturated heterocycles. The van der Waals surface area contributed by atoms with Gasteiger partial charge in [0.15, 0.2) is 11.5 Å². The van der Waals surface area contributed by atoms with E-state index in [-0.39, 0.29) is 0 Å². The van der Waals surface area contributed by atoms with Crippen LogP contribution in [0.5, 0.6) is 11.5 Å². The van der Waals surface area contributed by atoms with Crippen molar-refractivity contribution in [1.29, 1.82) is 0 Å². The molecule has 5 heteroatoms. The second-order valence-electron chi connectivity index (χ2n) is 4.82. The largest absolute Gasteiger partial charge is 0.486 e. The van der Waals surface area contributed by atoms with Crippen molar-refractivity contribution in [2.24, 2.45) is 0 Å². The van der Waals surface area contributed by atoms with E-state index in [0.717, 1.165) is 30.2 Å². The van der Waals surface area contributed by atoms with Crippen molar-refractivity contribution in [1.82, 2.24) is 10.3 Å². The number of hydrogen-bond acceptors (Lipinski definition) is 5. The molecule has 0 amide bonds. The molecular weight excluding hydrogens is 272 g/mol. The molecule has 20 heavy (non-hydrogen) atoms. The number of fused-ring (bicyclic) bond motifs is 1. The molecular formula is C15H18N2O2S. The SMILES string of the molecule is CC(NCCc1ccc2c(c1)OCCO2)c1cscn1. The third-order valence-corrected chi connectivity index (χ3v) is 3.97. The van der Waals surface area contributed by atoms with E-state index >= 15 is 0 Å². The van der Waals surface area contributed by atoms with Gasteiger partial charge in [0.2, 0.25) is 0 Å². The Morgan fingerprint density at radius 1 is 1.30 bits per heavy atom. The fraction of sp³-hybridized carbons (Fsp3) is 0.400. The van der Waals surface area contributed by atoms with Gasteiger partial charge in [-0.25, -0.2) is 4.98 Å². The van der Waals surface area contributed by atoms with E-state index in [0.29, 0.717) is 19.3 Å². The maximum absolute atomic E-state index is 5.60. The molecule has 0 spiro atoms. The van der Waals surface area contributed by atoms with Crippen molar-refractivity contribution in [3.63, 3.8) is 0 Å². The fourth-order valence-corrected chi connectivity index (χ4v) is 2.86.